The van der Waals surface area contributed by atoms with E-state index >= 15 is 0 Å². The van der Waals surface area contributed by atoms with Gasteiger partial charge in [-0.25, -0.2) is 9.97 Å². The lowest BCUT2D eigenvalue weighted by atomic mass is 10.2. The van der Waals surface area contributed by atoms with Crippen LogP contribution in [-0.4, -0.2) is 26.9 Å². The summed E-state index contributed by atoms with van der Waals surface area (Å²) in [6.45, 7) is 1.80. The number of carbonyl (C=O) groups excluding carboxylic acids is 1. The Kier molecular flexibility index (Phi) is 4.15. The Morgan fingerprint density at radius 3 is 2.73 bits per heavy atom. The molecule has 0 radical (unpaired) electrons. The molecular formula is C20H17N5O. The van der Waals surface area contributed by atoms with Crippen molar-refractivity contribution in [3.63, 3.8) is 0 Å². The summed E-state index contributed by atoms with van der Waals surface area (Å²) < 4.78 is 0. The van der Waals surface area contributed by atoms with Gasteiger partial charge >= 0.3 is 0 Å². The van der Waals surface area contributed by atoms with Crippen molar-refractivity contribution in [2.24, 2.45) is 0 Å². The van der Waals surface area contributed by atoms with Crippen LogP contribution >= 0.6 is 0 Å². The SMILES string of the molecule is CC(Nc1ncnc2ccccc12)C(=O)Nc1cccc2cccnc12. The quantitative estimate of drug-likeness (QED) is 0.592. The average Bonchev–Trinajstić information content (AvgIpc) is 2.68. The Morgan fingerprint density at radius 1 is 0.962 bits per heavy atom. The fourth-order valence-electron chi connectivity index (χ4n) is 2.84. The highest BCUT2D eigenvalue weighted by Crippen LogP contribution is 2.22. The summed E-state index contributed by atoms with van der Waals surface area (Å²) in [5.74, 6) is 0.472. The Balaban J connectivity index is 1.56. The number of nitrogens with one attached hydrogen (secondary N) is 2. The number of hydrogen-bond donors (Lipinski definition) is 2. The fraction of sp³-hybridized carbons (Fsp3) is 0.100. The molecule has 1 unspecified atom stereocenters. The molecule has 0 aliphatic heterocycles. The Morgan fingerprint density at radius 2 is 1.81 bits per heavy atom. The van der Waals surface area contributed by atoms with Gasteiger partial charge in [0.2, 0.25) is 5.91 Å². The lowest BCUT2D eigenvalue weighted by Gasteiger charge is -2.16. The van der Waals surface area contributed by atoms with Crippen molar-refractivity contribution < 1.29 is 4.79 Å². The van der Waals surface area contributed by atoms with Crippen LogP contribution in [0.5, 0.6) is 0 Å². The van der Waals surface area contributed by atoms with E-state index in [1.165, 1.54) is 6.33 Å². The smallest absolute Gasteiger partial charge is 0.246 e. The van der Waals surface area contributed by atoms with Crippen LogP contribution < -0.4 is 10.6 Å². The Labute approximate surface area is 150 Å². The number of benzene rings is 2. The van der Waals surface area contributed by atoms with E-state index in [1.807, 2.05) is 54.6 Å². The molecule has 4 rings (SSSR count). The maximum Gasteiger partial charge on any atom is 0.246 e. The largest absolute Gasteiger partial charge is 0.358 e. The molecule has 0 saturated heterocycles. The molecule has 128 valence electrons. The second-order valence-electron chi connectivity index (χ2n) is 5.98. The third kappa shape index (κ3) is 3.04. The van der Waals surface area contributed by atoms with Crippen LogP contribution in [0.3, 0.4) is 0 Å². The Hall–Kier alpha value is -3.54. The van der Waals surface area contributed by atoms with Gasteiger partial charge in [-0.15, -0.1) is 0 Å². The second kappa shape index (κ2) is 6.76. The molecule has 0 saturated carbocycles. The molecule has 26 heavy (non-hydrogen) atoms. The van der Waals surface area contributed by atoms with Crippen LogP contribution in [-0.2, 0) is 4.79 Å². The van der Waals surface area contributed by atoms with Gasteiger partial charge in [-0.2, -0.15) is 0 Å². The first-order valence-electron chi connectivity index (χ1n) is 8.33. The van der Waals surface area contributed by atoms with E-state index in [0.29, 0.717) is 11.5 Å². The molecule has 6 heteroatoms. The lowest BCUT2D eigenvalue weighted by molar-refractivity contribution is -0.116. The van der Waals surface area contributed by atoms with E-state index in [2.05, 4.69) is 25.6 Å². The second-order valence-corrected chi connectivity index (χ2v) is 5.98. The zero-order valence-electron chi connectivity index (χ0n) is 14.2. The van der Waals surface area contributed by atoms with Gasteiger partial charge in [-0.05, 0) is 31.2 Å². The summed E-state index contributed by atoms with van der Waals surface area (Å²) in [4.78, 5) is 25.5. The van der Waals surface area contributed by atoms with Gasteiger partial charge in [-0.3, -0.25) is 9.78 Å². The molecule has 4 aromatic rings. The monoisotopic (exact) mass is 343 g/mol. The van der Waals surface area contributed by atoms with E-state index in [-0.39, 0.29) is 5.91 Å². The summed E-state index contributed by atoms with van der Waals surface area (Å²) in [7, 11) is 0. The number of anilines is 2. The average molecular weight is 343 g/mol. The molecule has 6 nitrogen and oxygen atoms in total. The minimum absolute atomic E-state index is 0.161. The molecule has 0 aliphatic rings. The summed E-state index contributed by atoms with van der Waals surface area (Å²) >= 11 is 0. The van der Waals surface area contributed by atoms with Gasteiger partial charge in [0.25, 0.3) is 0 Å². The molecule has 1 amide bonds. The molecular weight excluding hydrogens is 326 g/mol. The van der Waals surface area contributed by atoms with Gasteiger partial charge in [0.1, 0.15) is 18.2 Å². The van der Waals surface area contributed by atoms with E-state index in [1.54, 1.807) is 13.1 Å². The standard InChI is InChI=1S/C20H17N5O/c1-13(24-19-15-8-2-3-9-16(15)22-12-23-19)20(26)25-17-10-4-6-14-7-5-11-21-18(14)17/h2-13H,1H3,(H,25,26)(H,22,23,24). The van der Waals surface area contributed by atoms with Crippen LogP contribution in [0.4, 0.5) is 11.5 Å². The lowest BCUT2D eigenvalue weighted by Crippen LogP contribution is -2.32. The van der Waals surface area contributed by atoms with E-state index in [0.717, 1.165) is 21.8 Å². The van der Waals surface area contributed by atoms with Crippen molar-refractivity contribution in [2.75, 3.05) is 10.6 Å². The number of nitrogens with zero attached hydrogens (tertiary/aromatic N) is 3. The minimum Gasteiger partial charge on any atom is -0.358 e. The highest BCUT2D eigenvalue weighted by Gasteiger charge is 2.16. The summed E-state index contributed by atoms with van der Waals surface area (Å²) in [5, 5.41) is 7.97. The number of amides is 1. The fourth-order valence-corrected chi connectivity index (χ4v) is 2.84. The Bertz CT molecular complexity index is 1080. The number of pyridine rings is 1. The highest BCUT2D eigenvalue weighted by molar-refractivity contribution is 6.03. The first kappa shape index (κ1) is 16.0. The van der Waals surface area contributed by atoms with Crippen LogP contribution in [0, 0.1) is 0 Å². The number of hydrogen-bond acceptors (Lipinski definition) is 5. The molecule has 2 heterocycles. The normalized spacial score (nSPS) is 12.0. The third-order valence-corrected chi connectivity index (χ3v) is 4.18. The van der Waals surface area contributed by atoms with Gasteiger partial charge in [0.05, 0.1) is 16.7 Å². The van der Waals surface area contributed by atoms with Gasteiger partial charge in [0.15, 0.2) is 0 Å². The molecule has 0 bridgehead atoms. The topological polar surface area (TPSA) is 79.8 Å². The zero-order valence-corrected chi connectivity index (χ0v) is 14.2. The summed E-state index contributed by atoms with van der Waals surface area (Å²) in [6.07, 6.45) is 3.20. The number of fused-ring (bicyclic) bond motifs is 2. The molecule has 0 spiro atoms. The molecule has 2 aromatic heterocycles. The molecule has 1 atom stereocenters. The van der Waals surface area contributed by atoms with Crippen molar-refractivity contribution in [2.45, 2.75) is 13.0 Å². The van der Waals surface area contributed by atoms with Crippen LogP contribution in [0.2, 0.25) is 0 Å². The van der Waals surface area contributed by atoms with E-state index < -0.39 is 6.04 Å². The summed E-state index contributed by atoms with van der Waals surface area (Å²) in [6, 6.07) is 16.7. The zero-order chi connectivity index (χ0) is 17.9. The maximum absolute atomic E-state index is 12.7. The number of rotatable bonds is 4. The van der Waals surface area contributed by atoms with Crippen molar-refractivity contribution in [1.82, 2.24) is 15.0 Å². The first-order chi connectivity index (χ1) is 12.7. The van der Waals surface area contributed by atoms with Crippen LogP contribution in [0.15, 0.2) is 67.1 Å². The van der Waals surface area contributed by atoms with Crippen molar-refractivity contribution in [1.29, 1.82) is 0 Å². The highest BCUT2D eigenvalue weighted by atomic mass is 16.2. The van der Waals surface area contributed by atoms with Crippen LogP contribution in [0.25, 0.3) is 21.8 Å². The van der Waals surface area contributed by atoms with Crippen molar-refractivity contribution >= 4 is 39.2 Å². The predicted molar refractivity (Wildman–Crippen MR) is 103 cm³/mol. The minimum atomic E-state index is -0.479. The van der Waals surface area contributed by atoms with Crippen molar-refractivity contribution in [3.8, 4) is 0 Å². The maximum atomic E-state index is 12.7. The van der Waals surface area contributed by atoms with Gasteiger partial charge in [0, 0.05) is 17.0 Å². The molecule has 2 aromatic carbocycles. The first-order valence-corrected chi connectivity index (χ1v) is 8.33. The number of aromatic nitrogens is 3. The molecule has 0 fully saturated rings. The third-order valence-electron chi connectivity index (χ3n) is 4.18. The predicted octanol–water partition coefficient (Wildman–Crippen LogP) is 3.62. The number of para-hydroxylation sites is 2. The van der Waals surface area contributed by atoms with E-state index in [9.17, 15) is 4.79 Å². The number of carbonyl (C=O) groups is 1. The van der Waals surface area contributed by atoms with Gasteiger partial charge in [-0.1, -0.05) is 30.3 Å². The van der Waals surface area contributed by atoms with Crippen molar-refractivity contribution in [3.05, 3.63) is 67.1 Å². The summed E-state index contributed by atoms with van der Waals surface area (Å²) in [5.41, 5.74) is 2.29. The molecule has 0 aliphatic carbocycles. The van der Waals surface area contributed by atoms with Crippen LogP contribution in [0.1, 0.15) is 6.92 Å². The van der Waals surface area contributed by atoms with E-state index in [4.69, 9.17) is 0 Å². The molecule has 2 N–H and O–H groups in total. The van der Waals surface area contributed by atoms with Gasteiger partial charge < -0.3 is 10.6 Å².